The number of piperazine rings is 1. The van der Waals surface area contributed by atoms with Crippen LogP contribution in [0.1, 0.15) is 27.7 Å². The molecule has 0 aromatic carbocycles. The molecule has 0 aliphatic carbocycles. The Balaban J connectivity index is 2.79. The summed E-state index contributed by atoms with van der Waals surface area (Å²) < 4.78 is 0. The first-order valence-corrected chi connectivity index (χ1v) is 7.31. The Bertz CT molecular complexity index is 318. The third kappa shape index (κ3) is 3.15. The summed E-state index contributed by atoms with van der Waals surface area (Å²) >= 11 is 1.76. The molecule has 1 saturated heterocycles. The van der Waals surface area contributed by atoms with Gasteiger partial charge in [0.15, 0.2) is 0 Å². The molecule has 1 rings (SSSR count). The van der Waals surface area contributed by atoms with Crippen molar-refractivity contribution in [3.05, 3.63) is 0 Å². The lowest BCUT2D eigenvalue weighted by molar-refractivity contribution is -0.153. The van der Waals surface area contributed by atoms with Crippen LogP contribution in [0.4, 0.5) is 0 Å². The summed E-state index contributed by atoms with van der Waals surface area (Å²) in [7, 11) is 0. The molecule has 2 unspecified atom stereocenters. The molecule has 0 aromatic rings. The number of carbonyl (C=O) groups excluding carboxylic acids is 2. The van der Waals surface area contributed by atoms with E-state index in [2.05, 4.69) is 18.5 Å². The SMILES string of the molecule is CSCC(C)CN1C(=O)C(C)(C)NC(=O)C1C. The van der Waals surface area contributed by atoms with Crippen molar-refractivity contribution in [1.82, 2.24) is 10.2 Å². The molecule has 17 heavy (non-hydrogen) atoms. The molecule has 1 heterocycles. The van der Waals surface area contributed by atoms with E-state index in [1.165, 1.54) is 0 Å². The third-order valence-electron chi connectivity index (χ3n) is 3.04. The van der Waals surface area contributed by atoms with Crippen LogP contribution in [0.15, 0.2) is 0 Å². The maximum absolute atomic E-state index is 12.2. The molecule has 1 N–H and O–H groups in total. The first-order valence-electron chi connectivity index (χ1n) is 5.91. The number of carbonyl (C=O) groups is 2. The average molecular weight is 258 g/mol. The predicted molar refractivity (Wildman–Crippen MR) is 70.9 cm³/mol. The molecule has 5 heteroatoms. The maximum Gasteiger partial charge on any atom is 0.248 e. The predicted octanol–water partition coefficient (Wildman–Crippen LogP) is 1.11. The minimum Gasteiger partial charge on any atom is -0.340 e. The number of nitrogens with zero attached hydrogens (tertiary/aromatic N) is 1. The zero-order chi connectivity index (χ0) is 13.2. The molecule has 1 fully saturated rings. The van der Waals surface area contributed by atoms with Gasteiger partial charge in [0.05, 0.1) is 0 Å². The zero-order valence-corrected chi connectivity index (χ0v) is 12.1. The highest BCUT2D eigenvalue weighted by atomic mass is 32.2. The van der Waals surface area contributed by atoms with Crippen LogP contribution in [0.2, 0.25) is 0 Å². The summed E-state index contributed by atoms with van der Waals surface area (Å²) in [6.07, 6.45) is 2.05. The van der Waals surface area contributed by atoms with Gasteiger partial charge in [-0.25, -0.2) is 0 Å². The van der Waals surface area contributed by atoms with Crippen molar-refractivity contribution in [1.29, 1.82) is 0 Å². The molecule has 2 amide bonds. The molecule has 0 bridgehead atoms. The smallest absolute Gasteiger partial charge is 0.248 e. The largest absolute Gasteiger partial charge is 0.340 e. The van der Waals surface area contributed by atoms with E-state index in [0.29, 0.717) is 12.5 Å². The van der Waals surface area contributed by atoms with Crippen molar-refractivity contribution in [2.75, 3.05) is 18.6 Å². The number of hydrogen-bond donors (Lipinski definition) is 1. The molecule has 0 saturated carbocycles. The van der Waals surface area contributed by atoms with E-state index in [4.69, 9.17) is 0 Å². The number of thioether (sulfide) groups is 1. The Morgan fingerprint density at radius 2 is 2.06 bits per heavy atom. The topological polar surface area (TPSA) is 49.4 Å². The summed E-state index contributed by atoms with van der Waals surface area (Å²) in [5.41, 5.74) is -0.775. The molecule has 0 aromatic heterocycles. The van der Waals surface area contributed by atoms with Crippen molar-refractivity contribution in [2.24, 2.45) is 5.92 Å². The van der Waals surface area contributed by atoms with E-state index in [1.54, 1.807) is 37.4 Å². The Morgan fingerprint density at radius 3 is 2.59 bits per heavy atom. The molecule has 98 valence electrons. The molecular weight excluding hydrogens is 236 g/mol. The van der Waals surface area contributed by atoms with Gasteiger partial charge in [-0.3, -0.25) is 9.59 Å². The first-order chi connectivity index (χ1) is 7.79. The van der Waals surface area contributed by atoms with Gasteiger partial charge in [-0.1, -0.05) is 6.92 Å². The summed E-state index contributed by atoms with van der Waals surface area (Å²) in [6, 6.07) is -0.361. The number of rotatable bonds is 4. The second-order valence-corrected chi connectivity index (χ2v) is 6.22. The van der Waals surface area contributed by atoms with Crippen LogP contribution < -0.4 is 5.32 Å². The monoisotopic (exact) mass is 258 g/mol. The van der Waals surface area contributed by atoms with Crippen molar-refractivity contribution >= 4 is 23.6 Å². The Labute approximate surface area is 108 Å². The molecular formula is C12H22N2O2S. The van der Waals surface area contributed by atoms with Gasteiger partial charge in [-0.2, -0.15) is 11.8 Å². The quantitative estimate of drug-likeness (QED) is 0.822. The van der Waals surface area contributed by atoms with Gasteiger partial charge in [0, 0.05) is 6.54 Å². The van der Waals surface area contributed by atoms with Crippen LogP contribution in [0, 0.1) is 5.92 Å². The lowest BCUT2D eigenvalue weighted by Gasteiger charge is -2.42. The van der Waals surface area contributed by atoms with Gasteiger partial charge in [0.1, 0.15) is 11.6 Å². The lowest BCUT2D eigenvalue weighted by Crippen LogP contribution is -2.67. The van der Waals surface area contributed by atoms with E-state index in [9.17, 15) is 9.59 Å². The normalized spacial score (nSPS) is 25.7. The van der Waals surface area contributed by atoms with Crippen molar-refractivity contribution < 1.29 is 9.59 Å². The summed E-state index contributed by atoms with van der Waals surface area (Å²) in [5.74, 6) is 1.35. The highest BCUT2D eigenvalue weighted by Gasteiger charge is 2.43. The summed E-state index contributed by atoms with van der Waals surface area (Å²) in [6.45, 7) is 8.05. The Morgan fingerprint density at radius 1 is 1.47 bits per heavy atom. The molecule has 4 nitrogen and oxygen atoms in total. The average Bonchev–Trinajstić information content (AvgIpc) is 2.22. The maximum atomic E-state index is 12.2. The molecule has 0 radical (unpaired) electrons. The standard InChI is InChI=1S/C12H22N2O2S/c1-8(7-17-5)6-14-9(2)10(15)13-12(3,4)11(14)16/h8-9H,6-7H2,1-5H3,(H,13,15). The van der Waals surface area contributed by atoms with Gasteiger partial charge in [0.25, 0.3) is 0 Å². The van der Waals surface area contributed by atoms with E-state index in [1.807, 2.05) is 0 Å². The molecule has 2 atom stereocenters. The highest BCUT2D eigenvalue weighted by Crippen LogP contribution is 2.20. The Hall–Kier alpha value is -0.710. The van der Waals surface area contributed by atoms with Crippen molar-refractivity contribution in [3.63, 3.8) is 0 Å². The zero-order valence-electron chi connectivity index (χ0n) is 11.2. The van der Waals surface area contributed by atoms with E-state index < -0.39 is 5.54 Å². The second kappa shape index (κ2) is 5.29. The first kappa shape index (κ1) is 14.4. The van der Waals surface area contributed by atoms with E-state index >= 15 is 0 Å². The van der Waals surface area contributed by atoms with Crippen LogP contribution in [0.3, 0.4) is 0 Å². The van der Waals surface area contributed by atoms with Gasteiger partial charge >= 0.3 is 0 Å². The number of hydrogen-bond acceptors (Lipinski definition) is 3. The van der Waals surface area contributed by atoms with Crippen molar-refractivity contribution in [3.8, 4) is 0 Å². The third-order valence-corrected chi connectivity index (χ3v) is 3.94. The van der Waals surface area contributed by atoms with Crippen LogP contribution in [-0.2, 0) is 9.59 Å². The minimum absolute atomic E-state index is 0.0116. The number of nitrogens with one attached hydrogen (secondary N) is 1. The lowest BCUT2D eigenvalue weighted by atomic mass is 9.96. The van der Waals surface area contributed by atoms with E-state index in [0.717, 1.165) is 5.75 Å². The molecule has 1 aliphatic rings. The fourth-order valence-corrected chi connectivity index (χ4v) is 2.73. The van der Waals surface area contributed by atoms with Crippen LogP contribution >= 0.6 is 11.8 Å². The fourth-order valence-electron chi connectivity index (χ4n) is 2.06. The van der Waals surface area contributed by atoms with Crippen LogP contribution in [-0.4, -0.2) is 46.8 Å². The van der Waals surface area contributed by atoms with Gasteiger partial charge in [-0.05, 0) is 38.7 Å². The summed E-state index contributed by atoms with van der Waals surface area (Å²) in [5, 5.41) is 2.76. The van der Waals surface area contributed by atoms with E-state index in [-0.39, 0.29) is 17.9 Å². The van der Waals surface area contributed by atoms with Gasteiger partial charge in [-0.15, -0.1) is 0 Å². The van der Waals surface area contributed by atoms with Crippen LogP contribution in [0.25, 0.3) is 0 Å². The van der Waals surface area contributed by atoms with Gasteiger partial charge in [0.2, 0.25) is 11.8 Å². The number of amides is 2. The second-order valence-electron chi connectivity index (χ2n) is 5.31. The highest BCUT2D eigenvalue weighted by molar-refractivity contribution is 7.98. The molecule has 1 aliphatic heterocycles. The molecule has 0 spiro atoms. The van der Waals surface area contributed by atoms with Crippen molar-refractivity contribution in [2.45, 2.75) is 39.3 Å². The van der Waals surface area contributed by atoms with Crippen LogP contribution in [0.5, 0.6) is 0 Å². The fraction of sp³-hybridized carbons (Fsp3) is 0.833. The minimum atomic E-state index is -0.775. The Kier molecular flexibility index (Phi) is 4.47. The summed E-state index contributed by atoms with van der Waals surface area (Å²) in [4.78, 5) is 25.8. The van der Waals surface area contributed by atoms with Gasteiger partial charge < -0.3 is 10.2 Å².